The Morgan fingerprint density at radius 3 is 1.46 bits per heavy atom. The third kappa shape index (κ3) is 8.89. The van der Waals surface area contributed by atoms with Crippen molar-refractivity contribution in [1.29, 1.82) is 0 Å². The lowest BCUT2D eigenvalue weighted by Crippen LogP contribution is -2.63. The van der Waals surface area contributed by atoms with Crippen LogP contribution in [0.4, 0.5) is 68.2 Å². The summed E-state index contributed by atoms with van der Waals surface area (Å²) in [6.07, 6.45) is 0. The summed E-state index contributed by atoms with van der Waals surface area (Å²) < 4.78 is 7.31. The van der Waals surface area contributed by atoms with Crippen molar-refractivity contribution in [3.8, 4) is 44.9 Å². The van der Waals surface area contributed by atoms with Crippen LogP contribution in [0, 0.1) is 0 Å². The van der Waals surface area contributed by atoms with Gasteiger partial charge in [0.25, 0.3) is 6.71 Å². The molecule has 14 aromatic rings. The molecule has 430 valence electrons. The SMILES string of the molecule is c1ccc(-c2ccc(N(c3cc4c5c(c3)N(c3ccccc3)c3ccccc3B5c3cc5c(cc3S4)N(c3ccccc3-c3ccccc3)c3cc(N(c4ccccc4)c4ccccc4)cc4c3B5c3ccccc3O4)c3ccccc3-c3ccccc3)cc2)cc1. The summed E-state index contributed by atoms with van der Waals surface area (Å²) in [7, 11) is 0. The van der Waals surface area contributed by atoms with E-state index in [1.807, 2.05) is 11.8 Å². The molecule has 4 heterocycles. The van der Waals surface area contributed by atoms with Crippen LogP contribution in [0.5, 0.6) is 11.5 Å². The Morgan fingerprint density at radius 1 is 0.272 bits per heavy atom. The fourth-order valence-electron chi connectivity index (χ4n) is 14.8. The van der Waals surface area contributed by atoms with Crippen molar-refractivity contribution in [2.75, 3.05) is 19.6 Å². The molecule has 92 heavy (non-hydrogen) atoms. The molecule has 0 aromatic heterocycles. The number of hydrogen-bond acceptors (Lipinski definition) is 6. The smallest absolute Gasteiger partial charge is 0.256 e. The van der Waals surface area contributed by atoms with E-state index in [1.54, 1.807) is 0 Å². The Hall–Kier alpha value is -11.4. The highest BCUT2D eigenvalue weighted by Gasteiger charge is 2.47. The molecule has 18 rings (SSSR count). The number of nitrogens with zero attached hydrogens (tertiary/aromatic N) is 4. The van der Waals surface area contributed by atoms with Gasteiger partial charge in [0.05, 0.1) is 17.1 Å². The first-order chi connectivity index (χ1) is 45.7. The molecule has 0 bridgehead atoms. The van der Waals surface area contributed by atoms with E-state index >= 15 is 0 Å². The number of hydrogen-bond donors (Lipinski definition) is 0. The zero-order chi connectivity index (χ0) is 60.6. The summed E-state index contributed by atoms with van der Waals surface area (Å²) in [4.78, 5) is 12.4. The Bertz CT molecular complexity index is 5100. The zero-order valence-corrected chi connectivity index (χ0v) is 50.9. The van der Waals surface area contributed by atoms with Gasteiger partial charge >= 0.3 is 0 Å². The molecule has 0 unspecified atom stereocenters. The van der Waals surface area contributed by atoms with E-state index < -0.39 is 0 Å². The van der Waals surface area contributed by atoms with Crippen LogP contribution in [0.25, 0.3) is 33.4 Å². The minimum absolute atomic E-state index is 0.115. The van der Waals surface area contributed by atoms with Gasteiger partial charge in [-0.2, -0.15) is 0 Å². The fourth-order valence-corrected chi connectivity index (χ4v) is 16.0. The van der Waals surface area contributed by atoms with Gasteiger partial charge in [-0.25, -0.2) is 0 Å². The predicted octanol–water partition coefficient (Wildman–Crippen LogP) is 18.8. The third-order valence-corrected chi connectivity index (χ3v) is 19.8. The Labute approximate surface area is 541 Å². The van der Waals surface area contributed by atoms with E-state index in [-0.39, 0.29) is 13.4 Å². The average molecular weight is 1190 g/mol. The Morgan fingerprint density at radius 2 is 0.772 bits per heavy atom. The standard InChI is InChI=1S/C84H56B2N4OS/c1-7-27-57(28-8-1)58-47-49-64(50-48-58)88(73-43-23-19-39-67(73)59-29-9-2-10-30-59)66-52-78-84-82(54-66)92-81-56-76-71(55-72(81)85(84)69-41-21-25-45-75(69)89(78)63-37-17-6-18-38-63)86-70-42-22-26-46-79(70)91-80-53-65(87(61-33-13-4-14-34-61)62-35-15-5-16-36-62)51-77(83(80)86)90(76)74-44-24-20-40-68(74)60-31-11-3-12-32-60/h1-56H. The minimum Gasteiger partial charge on any atom is -0.458 e. The molecule has 0 saturated carbocycles. The molecule has 0 atom stereocenters. The second-order valence-corrected chi connectivity index (χ2v) is 25.0. The quantitative estimate of drug-likeness (QED) is 0.120. The van der Waals surface area contributed by atoms with E-state index in [0.717, 1.165) is 113 Å². The minimum atomic E-state index is -0.166. The van der Waals surface area contributed by atoms with Crippen LogP contribution in [0.1, 0.15) is 0 Å². The van der Waals surface area contributed by atoms with Gasteiger partial charge < -0.3 is 24.3 Å². The topological polar surface area (TPSA) is 22.2 Å². The molecule has 14 aromatic carbocycles. The summed E-state index contributed by atoms with van der Waals surface area (Å²) in [6, 6.07) is 124. The predicted molar refractivity (Wildman–Crippen MR) is 388 cm³/mol. The van der Waals surface area contributed by atoms with Crippen molar-refractivity contribution in [3.05, 3.63) is 340 Å². The summed E-state index contributed by atoms with van der Waals surface area (Å²) >= 11 is 1.90. The maximum Gasteiger partial charge on any atom is 0.256 e. The van der Waals surface area contributed by atoms with E-state index in [4.69, 9.17) is 4.74 Å². The van der Waals surface area contributed by atoms with Crippen LogP contribution in [0.2, 0.25) is 0 Å². The van der Waals surface area contributed by atoms with Crippen LogP contribution in [-0.4, -0.2) is 13.4 Å². The molecule has 0 saturated heterocycles. The van der Waals surface area contributed by atoms with E-state index in [1.165, 1.54) is 42.8 Å². The largest absolute Gasteiger partial charge is 0.458 e. The number of para-hydroxylation sites is 7. The zero-order valence-electron chi connectivity index (χ0n) is 50.1. The summed E-state index contributed by atoms with van der Waals surface area (Å²) in [6.45, 7) is -0.281. The van der Waals surface area contributed by atoms with E-state index in [2.05, 4.69) is 359 Å². The monoisotopic (exact) mass is 1190 g/mol. The first-order valence-corrected chi connectivity index (χ1v) is 32.4. The van der Waals surface area contributed by atoms with Crippen molar-refractivity contribution < 1.29 is 4.74 Å². The lowest BCUT2D eigenvalue weighted by Gasteiger charge is -2.44. The molecule has 0 aliphatic carbocycles. The molecule has 0 fully saturated rings. The average Bonchev–Trinajstić information content (AvgIpc) is 0.700. The molecule has 8 heteroatoms. The van der Waals surface area contributed by atoms with Crippen LogP contribution in [-0.2, 0) is 0 Å². The molecule has 0 amide bonds. The normalized spacial score (nSPS) is 12.7. The maximum absolute atomic E-state index is 7.31. The summed E-state index contributed by atoms with van der Waals surface area (Å²) in [5, 5.41) is 0. The fraction of sp³-hybridized carbons (Fsp3) is 0. The van der Waals surface area contributed by atoms with Crippen LogP contribution in [0.15, 0.2) is 350 Å². The lowest BCUT2D eigenvalue weighted by molar-refractivity contribution is 0.487. The number of ether oxygens (including phenoxy) is 1. The van der Waals surface area contributed by atoms with Gasteiger partial charge in [0.2, 0.25) is 6.71 Å². The van der Waals surface area contributed by atoms with Crippen molar-refractivity contribution in [2.24, 2.45) is 0 Å². The van der Waals surface area contributed by atoms with Crippen molar-refractivity contribution in [1.82, 2.24) is 0 Å². The van der Waals surface area contributed by atoms with Gasteiger partial charge in [-0.3, -0.25) is 0 Å². The number of fused-ring (bicyclic) bond motifs is 8. The van der Waals surface area contributed by atoms with Gasteiger partial charge in [0.15, 0.2) is 0 Å². The molecular formula is C84H56B2N4OS. The van der Waals surface area contributed by atoms with Crippen LogP contribution < -0.4 is 57.1 Å². The number of benzene rings is 14. The van der Waals surface area contributed by atoms with E-state index in [0.29, 0.717) is 0 Å². The number of rotatable bonds is 11. The first-order valence-electron chi connectivity index (χ1n) is 31.5. The highest BCUT2D eigenvalue weighted by molar-refractivity contribution is 8.00. The van der Waals surface area contributed by atoms with Gasteiger partial charge in [-0.15, -0.1) is 0 Å². The second-order valence-electron chi connectivity index (χ2n) is 23.9. The number of anilines is 12. The van der Waals surface area contributed by atoms with Crippen LogP contribution >= 0.6 is 11.8 Å². The Balaban J connectivity index is 0.905. The van der Waals surface area contributed by atoms with Crippen LogP contribution in [0.3, 0.4) is 0 Å². The third-order valence-electron chi connectivity index (χ3n) is 18.7. The highest BCUT2D eigenvalue weighted by Crippen LogP contribution is 2.52. The van der Waals surface area contributed by atoms with E-state index in [9.17, 15) is 0 Å². The van der Waals surface area contributed by atoms with Gasteiger partial charge in [-0.1, -0.05) is 254 Å². The molecule has 4 aliphatic heterocycles. The summed E-state index contributed by atoms with van der Waals surface area (Å²) in [5.74, 6) is 1.71. The van der Waals surface area contributed by atoms with Gasteiger partial charge in [0, 0.05) is 78.2 Å². The molecule has 0 radical (unpaired) electrons. The van der Waals surface area contributed by atoms with Crippen molar-refractivity contribution >= 4 is 126 Å². The molecule has 0 N–H and O–H groups in total. The van der Waals surface area contributed by atoms with Crippen molar-refractivity contribution in [3.63, 3.8) is 0 Å². The molecule has 0 spiro atoms. The molecular weight excluding hydrogens is 1130 g/mol. The van der Waals surface area contributed by atoms with Crippen molar-refractivity contribution in [2.45, 2.75) is 9.79 Å². The Kier molecular flexibility index (Phi) is 13.0. The maximum atomic E-state index is 7.31. The second kappa shape index (κ2) is 22.2. The van der Waals surface area contributed by atoms with Gasteiger partial charge in [-0.05, 0) is 147 Å². The highest BCUT2D eigenvalue weighted by atomic mass is 32.2. The van der Waals surface area contributed by atoms with Gasteiger partial charge in [0.1, 0.15) is 11.5 Å². The molecule has 4 aliphatic rings. The summed E-state index contributed by atoms with van der Waals surface area (Å²) in [5.41, 5.74) is 27.4. The lowest BCUT2D eigenvalue weighted by atomic mass is 9.31. The molecule has 5 nitrogen and oxygen atoms in total. The first kappa shape index (κ1) is 53.6.